The number of carbonyl (C=O) groups excluding carboxylic acids is 1. The van der Waals surface area contributed by atoms with Gasteiger partial charge < -0.3 is 10.1 Å². The Morgan fingerprint density at radius 3 is 2.71 bits per heavy atom. The molecule has 3 rings (SSSR count). The first-order valence-corrected chi connectivity index (χ1v) is 8.42. The second-order valence-corrected chi connectivity index (χ2v) is 7.63. The number of fused-ring (bicyclic) bond motifs is 1. The number of aryl methyl sites for hydroxylation is 1. The average molecular weight is 344 g/mol. The van der Waals surface area contributed by atoms with Gasteiger partial charge in [-0.3, -0.25) is 4.79 Å². The summed E-state index contributed by atoms with van der Waals surface area (Å²) in [6.45, 7) is 7.51. The predicted octanol–water partition coefficient (Wildman–Crippen LogP) is 3.78. The predicted molar refractivity (Wildman–Crippen MR) is 96.1 cm³/mol. The highest BCUT2D eigenvalue weighted by Gasteiger charge is 2.23. The Morgan fingerprint density at radius 2 is 2.04 bits per heavy atom. The van der Waals surface area contributed by atoms with Crippen molar-refractivity contribution < 1.29 is 9.53 Å². The minimum absolute atomic E-state index is 0.0635. The minimum Gasteiger partial charge on any atom is -0.497 e. The normalized spacial score (nSPS) is 11.7. The van der Waals surface area contributed by atoms with Gasteiger partial charge in [-0.1, -0.05) is 32.1 Å². The summed E-state index contributed by atoms with van der Waals surface area (Å²) < 4.78 is 7.95. The van der Waals surface area contributed by atoms with Crippen LogP contribution in [0.3, 0.4) is 0 Å². The largest absolute Gasteiger partial charge is 0.497 e. The fraction of sp³-hybridized carbons (Fsp3) is 0.353. The third-order valence-electron chi connectivity index (χ3n) is 3.52. The van der Waals surface area contributed by atoms with Crippen molar-refractivity contribution in [2.75, 3.05) is 12.4 Å². The molecule has 24 heavy (non-hydrogen) atoms. The minimum atomic E-state index is -0.482. The monoisotopic (exact) mass is 344 g/mol. The molecule has 0 radical (unpaired) electrons. The van der Waals surface area contributed by atoms with E-state index in [1.165, 1.54) is 11.3 Å². The van der Waals surface area contributed by atoms with Crippen LogP contribution >= 0.6 is 11.3 Å². The number of benzene rings is 1. The smallest absolute Gasteiger partial charge is 0.230 e. The molecule has 126 valence electrons. The Bertz CT molecular complexity index is 905. The highest BCUT2D eigenvalue weighted by molar-refractivity contribution is 7.20. The number of anilines is 1. The highest BCUT2D eigenvalue weighted by Crippen LogP contribution is 2.30. The molecule has 2 heterocycles. The van der Waals surface area contributed by atoms with Crippen molar-refractivity contribution in [1.82, 2.24) is 14.8 Å². The van der Waals surface area contributed by atoms with Crippen molar-refractivity contribution in [2.45, 2.75) is 27.7 Å². The number of nitrogens with zero attached hydrogens (tertiary/aromatic N) is 3. The lowest BCUT2D eigenvalue weighted by molar-refractivity contribution is -0.123. The van der Waals surface area contributed by atoms with Crippen molar-refractivity contribution in [3.05, 3.63) is 30.0 Å². The Hall–Kier alpha value is -2.41. The van der Waals surface area contributed by atoms with Gasteiger partial charge in [0.05, 0.1) is 23.0 Å². The molecule has 1 aromatic carbocycles. The number of ether oxygens (including phenoxy) is 1. The second-order valence-electron chi connectivity index (χ2n) is 6.62. The van der Waals surface area contributed by atoms with Gasteiger partial charge in [0.1, 0.15) is 11.6 Å². The maximum Gasteiger partial charge on any atom is 0.230 e. The summed E-state index contributed by atoms with van der Waals surface area (Å²) in [5.41, 5.74) is 1.18. The van der Waals surface area contributed by atoms with Gasteiger partial charge in [0.15, 0.2) is 0 Å². The number of carbonyl (C=O) groups is 1. The Labute approximate surface area is 144 Å². The first-order chi connectivity index (χ1) is 11.3. The average Bonchev–Trinajstić information content (AvgIpc) is 3.08. The van der Waals surface area contributed by atoms with E-state index in [4.69, 9.17) is 4.74 Å². The molecule has 0 atom stereocenters. The molecule has 0 spiro atoms. The van der Waals surface area contributed by atoms with E-state index < -0.39 is 5.41 Å². The van der Waals surface area contributed by atoms with Crippen molar-refractivity contribution in [3.63, 3.8) is 0 Å². The van der Waals surface area contributed by atoms with E-state index in [1.54, 1.807) is 11.8 Å². The SMILES string of the molecule is COc1ccc2sc(-n3nc(C)cc3NC(=O)C(C)(C)C)nc2c1. The summed E-state index contributed by atoms with van der Waals surface area (Å²) in [5.74, 6) is 1.32. The van der Waals surface area contributed by atoms with Crippen LogP contribution in [-0.4, -0.2) is 27.8 Å². The third kappa shape index (κ3) is 3.12. The van der Waals surface area contributed by atoms with Crippen LogP contribution in [0.5, 0.6) is 5.75 Å². The van der Waals surface area contributed by atoms with Gasteiger partial charge in [-0.25, -0.2) is 4.98 Å². The molecule has 0 aliphatic rings. The van der Waals surface area contributed by atoms with Gasteiger partial charge in [-0.05, 0) is 19.1 Å². The molecule has 0 saturated heterocycles. The summed E-state index contributed by atoms with van der Waals surface area (Å²) in [6, 6.07) is 7.61. The lowest BCUT2D eigenvalue weighted by Crippen LogP contribution is -2.28. The van der Waals surface area contributed by atoms with Crippen LogP contribution < -0.4 is 10.1 Å². The zero-order valence-corrected chi connectivity index (χ0v) is 15.2. The lowest BCUT2D eigenvalue weighted by Gasteiger charge is -2.17. The number of methoxy groups -OCH3 is 1. The van der Waals surface area contributed by atoms with E-state index in [0.29, 0.717) is 10.9 Å². The van der Waals surface area contributed by atoms with Crippen LogP contribution in [0.25, 0.3) is 15.3 Å². The number of amides is 1. The fourth-order valence-electron chi connectivity index (χ4n) is 2.15. The molecule has 1 amide bonds. The van der Waals surface area contributed by atoms with Gasteiger partial charge >= 0.3 is 0 Å². The van der Waals surface area contributed by atoms with E-state index in [2.05, 4.69) is 15.4 Å². The van der Waals surface area contributed by atoms with Crippen molar-refractivity contribution in [2.24, 2.45) is 5.41 Å². The van der Waals surface area contributed by atoms with Gasteiger partial charge in [0, 0.05) is 17.5 Å². The van der Waals surface area contributed by atoms with Gasteiger partial charge in [0.2, 0.25) is 11.0 Å². The molecule has 0 unspecified atom stereocenters. The van der Waals surface area contributed by atoms with Crippen LogP contribution in [0.4, 0.5) is 5.82 Å². The Kier molecular flexibility index (Phi) is 4.04. The van der Waals surface area contributed by atoms with Crippen molar-refractivity contribution in [3.8, 4) is 10.9 Å². The van der Waals surface area contributed by atoms with E-state index >= 15 is 0 Å². The maximum absolute atomic E-state index is 12.3. The number of hydrogen-bond acceptors (Lipinski definition) is 5. The molecule has 0 aliphatic carbocycles. The zero-order valence-electron chi connectivity index (χ0n) is 14.4. The third-order valence-corrected chi connectivity index (χ3v) is 4.53. The van der Waals surface area contributed by atoms with E-state index in [9.17, 15) is 4.79 Å². The maximum atomic E-state index is 12.3. The summed E-state index contributed by atoms with van der Waals surface area (Å²) in [6.07, 6.45) is 0. The number of hydrogen-bond donors (Lipinski definition) is 1. The van der Waals surface area contributed by atoms with Gasteiger partial charge in [-0.2, -0.15) is 9.78 Å². The topological polar surface area (TPSA) is 69.0 Å². The number of rotatable bonds is 3. The first-order valence-electron chi connectivity index (χ1n) is 7.61. The Balaban J connectivity index is 2.02. The molecule has 7 heteroatoms. The molecule has 3 aromatic rings. The van der Waals surface area contributed by atoms with Crippen LogP contribution in [0.2, 0.25) is 0 Å². The molecule has 2 aromatic heterocycles. The van der Waals surface area contributed by atoms with Crippen LogP contribution in [0.1, 0.15) is 26.5 Å². The van der Waals surface area contributed by atoms with Crippen molar-refractivity contribution in [1.29, 1.82) is 0 Å². The first kappa shape index (κ1) is 16.4. The fourth-order valence-corrected chi connectivity index (χ4v) is 3.06. The molecule has 0 bridgehead atoms. The lowest BCUT2D eigenvalue weighted by atomic mass is 9.96. The van der Waals surface area contributed by atoms with Gasteiger partial charge in [0.25, 0.3) is 0 Å². The summed E-state index contributed by atoms with van der Waals surface area (Å²) in [5, 5.41) is 8.12. The summed E-state index contributed by atoms with van der Waals surface area (Å²) in [7, 11) is 1.63. The zero-order chi connectivity index (χ0) is 17.5. The Morgan fingerprint density at radius 1 is 1.29 bits per heavy atom. The highest BCUT2D eigenvalue weighted by atomic mass is 32.1. The molecule has 6 nitrogen and oxygen atoms in total. The van der Waals surface area contributed by atoms with E-state index in [1.807, 2.05) is 52.0 Å². The quantitative estimate of drug-likeness (QED) is 0.785. The number of aromatic nitrogens is 3. The molecule has 0 saturated carbocycles. The van der Waals surface area contributed by atoms with Crippen LogP contribution in [0, 0.1) is 12.3 Å². The summed E-state index contributed by atoms with van der Waals surface area (Å²) >= 11 is 1.51. The number of nitrogens with one attached hydrogen (secondary N) is 1. The molecule has 0 fully saturated rings. The van der Waals surface area contributed by atoms with Crippen LogP contribution in [0.15, 0.2) is 24.3 Å². The van der Waals surface area contributed by atoms with Crippen molar-refractivity contribution >= 4 is 33.3 Å². The summed E-state index contributed by atoms with van der Waals surface area (Å²) in [4.78, 5) is 16.9. The number of thiazole rings is 1. The molecule has 1 N–H and O–H groups in total. The molecule has 0 aliphatic heterocycles. The standard InChI is InChI=1S/C17H20N4O2S/c1-10-8-14(19-15(22)17(2,3)4)21(20-10)16-18-12-9-11(23-5)6-7-13(12)24-16/h6-9H,1-5H3,(H,19,22). The van der Waals surface area contributed by atoms with E-state index in [0.717, 1.165) is 21.7 Å². The second kappa shape index (κ2) is 5.90. The molecular formula is C17H20N4O2S. The molecular weight excluding hydrogens is 324 g/mol. The van der Waals surface area contributed by atoms with Gasteiger partial charge in [-0.15, -0.1) is 0 Å². The van der Waals surface area contributed by atoms with Crippen LogP contribution in [-0.2, 0) is 4.79 Å². The van der Waals surface area contributed by atoms with E-state index in [-0.39, 0.29) is 5.91 Å².